The Morgan fingerprint density at radius 1 is 1.29 bits per heavy atom. The van der Waals surface area contributed by atoms with E-state index in [1.807, 2.05) is 30.3 Å². The van der Waals surface area contributed by atoms with E-state index in [4.69, 9.17) is 0 Å². The first-order chi connectivity index (χ1) is 13.3. The highest BCUT2D eigenvalue weighted by Gasteiger charge is 2.23. The summed E-state index contributed by atoms with van der Waals surface area (Å²) in [6.45, 7) is 7.90. The lowest BCUT2D eigenvalue weighted by molar-refractivity contribution is 0.214. The number of nitrogens with one attached hydrogen (secondary N) is 1. The van der Waals surface area contributed by atoms with Crippen LogP contribution in [0, 0.1) is 5.92 Å². The topological polar surface area (TPSA) is 46.4 Å². The predicted molar refractivity (Wildman–Crippen MR) is 111 cm³/mol. The van der Waals surface area contributed by atoms with Gasteiger partial charge >= 0.3 is 0 Å². The van der Waals surface area contributed by atoms with E-state index in [0.717, 1.165) is 34.9 Å². The van der Waals surface area contributed by atoms with Gasteiger partial charge in [0, 0.05) is 30.1 Å². The first-order valence-electron chi connectivity index (χ1n) is 9.58. The van der Waals surface area contributed by atoms with Crippen LogP contribution in [0.2, 0.25) is 0 Å². The zero-order chi connectivity index (χ0) is 19.9. The molecule has 5 heteroatoms. The summed E-state index contributed by atoms with van der Waals surface area (Å²) in [5.41, 5.74) is 2.25. The summed E-state index contributed by atoms with van der Waals surface area (Å²) in [7, 11) is 0. The van der Waals surface area contributed by atoms with Crippen molar-refractivity contribution in [2.75, 3.05) is 6.54 Å². The molecule has 1 saturated carbocycles. The van der Waals surface area contributed by atoms with E-state index < -0.39 is 5.67 Å². The molecule has 4 nitrogen and oxygen atoms in total. The number of aromatic nitrogens is 2. The molecule has 4 rings (SSSR count). The van der Waals surface area contributed by atoms with Gasteiger partial charge in [0.2, 0.25) is 0 Å². The quantitative estimate of drug-likeness (QED) is 0.686. The highest BCUT2D eigenvalue weighted by molar-refractivity contribution is 5.78. The normalized spacial score (nSPS) is 14.2. The molecular weight excluding hydrogens is 353 g/mol. The largest absolute Gasteiger partial charge is 0.385 e. The Hall–Kier alpha value is -2.95. The van der Waals surface area contributed by atoms with Crippen LogP contribution in [0.4, 0.5) is 4.39 Å². The third kappa shape index (κ3) is 3.70. The molecule has 0 bridgehead atoms. The minimum absolute atomic E-state index is 0.138. The van der Waals surface area contributed by atoms with Crippen molar-refractivity contribution in [3.8, 4) is 11.1 Å². The maximum absolute atomic E-state index is 14.4. The molecule has 0 aliphatic heterocycles. The standard InChI is InChI=1S/C23H24FN3O/c1-15(25-14-16-6-7-16)17-8-10-18(11-9-17)19-5-4-12-27-21(28)13-20(23(2,3)24)26-22(19)27/h4-5,8-13,16,25H,1,6-7,14H2,2-3H3. The van der Waals surface area contributed by atoms with Gasteiger partial charge < -0.3 is 5.32 Å². The zero-order valence-electron chi connectivity index (χ0n) is 16.2. The SMILES string of the molecule is C=C(NCC1CC1)c1ccc(-c2cccn3c(=O)cc(C(C)(C)F)nc23)cc1. The molecule has 2 aromatic heterocycles. The van der Waals surface area contributed by atoms with Crippen LogP contribution < -0.4 is 10.9 Å². The van der Waals surface area contributed by atoms with Gasteiger partial charge in [0.1, 0.15) is 11.3 Å². The molecule has 3 aromatic rings. The minimum atomic E-state index is -1.68. The second-order valence-electron chi connectivity index (χ2n) is 7.95. The predicted octanol–water partition coefficient (Wildman–Crippen LogP) is 4.54. The number of benzene rings is 1. The number of alkyl halides is 1. The lowest BCUT2D eigenvalue weighted by atomic mass is 10.0. The molecule has 0 radical (unpaired) electrons. The molecule has 2 heterocycles. The fourth-order valence-electron chi connectivity index (χ4n) is 3.20. The van der Waals surface area contributed by atoms with Gasteiger partial charge in [-0.15, -0.1) is 0 Å². The van der Waals surface area contributed by atoms with E-state index in [1.54, 1.807) is 12.3 Å². The zero-order valence-corrected chi connectivity index (χ0v) is 16.2. The molecular formula is C23H24FN3O. The summed E-state index contributed by atoms with van der Waals surface area (Å²) in [5.74, 6) is 0.782. The van der Waals surface area contributed by atoms with Crippen molar-refractivity contribution in [2.24, 2.45) is 5.92 Å². The number of rotatable bonds is 6. The second kappa shape index (κ2) is 6.89. The Morgan fingerprint density at radius 2 is 2.00 bits per heavy atom. The van der Waals surface area contributed by atoms with Crippen LogP contribution >= 0.6 is 0 Å². The van der Waals surface area contributed by atoms with Crippen LogP contribution in [-0.4, -0.2) is 15.9 Å². The number of halogens is 1. The van der Waals surface area contributed by atoms with Crippen molar-refractivity contribution in [3.63, 3.8) is 0 Å². The molecule has 1 aromatic carbocycles. The number of pyridine rings is 1. The molecule has 0 amide bonds. The molecule has 144 valence electrons. The third-order valence-corrected chi connectivity index (χ3v) is 5.15. The van der Waals surface area contributed by atoms with Crippen molar-refractivity contribution in [3.05, 3.63) is 76.9 Å². The van der Waals surface area contributed by atoms with Crippen LogP contribution in [0.15, 0.2) is 60.0 Å². The summed E-state index contributed by atoms with van der Waals surface area (Å²) in [4.78, 5) is 16.9. The second-order valence-corrected chi connectivity index (χ2v) is 7.95. The summed E-state index contributed by atoms with van der Waals surface area (Å²) in [6, 6.07) is 12.9. The first-order valence-corrected chi connectivity index (χ1v) is 9.58. The summed E-state index contributed by atoms with van der Waals surface area (Å²) < 4.78 is 15.9. The van der Waals surface area contributed by atoms with Crippen molar-refractivity contribution in [1.29, 1.82) is 0 Å². The number of fused-ring (bicyclic) bond motifs is 1. The minimum Gasteiger partial charge on any atom is -0.385 e. The van der Waals surface area contributed by atoms with Gasteiger partial charge in [0.25, 0.3) is 5.56 Å². The lowest BCUT2D eigenvalue weighted by Crippen LogP contribution is -2.21. The Morgan fingerprint density at radius 3 is 2.64 bits per heavy atom. The number of hydrogen-bond acceptors (Lipinski definition) is 3. The van der Waals surface area contributed by atoms with Crippen molar-refractivity contribution >= 4 is 11.3 Å². The Labute approximate surface area is 163 Å². The van der Waals surface area contributed by atoms with Crippen LogP contribution in [0.1, 0.15) is 37.9 Å². The number of nitrogens with zero attached hydrogens (tertiary/aromatic N) is 2. The van der Waals surface area contributed by atoms with Crippen molar-refractivity contribution < 1.29 is 4.39 Å². The molecule has 0 spiro atoms. The fraction of sp³-hybridized carbons (Fsp3) is 0.304. The van der Waals surface area contributed by atoms with Crippen LogP contribution in [-0.2, 0) is 5.67 Å². The van der Waals surface area contributed by atoms with Gasteiger partial charge in [-0.3, -0.25) is 9.20 Å². The molecule has 1 fully saturated rings. The number of hydrogen-bond donors (Lipinski definition) is 1. The Kier molecular flexibility index (Phi) is 4.53. The van der Waals surface area contributed by atoms with Crippen molar-refractivity contribution in [2.45, 2.75) is 32.4 Å². The maximum atomic E-state index is 14.4. The van der Waals surface area contributed by atoms with Gasteiger partial charge in [-0.2, -0.15) is 0 Å². The average molecular weight is 377 g/mol. The molecule has 0 saturated heterocycles. The Bertz CT molecular complexity index is 1090. The molecule has 1 N–H and O–H groups in total. The van der Waals surface area contributed by atoms with Crippen LogP contribution in [0.5, 0.6) is 0 Å². The van der Waals surface area contributed by atoms with Gasteiger partial charge in [-0.05, 0) is 55.9 Å². The van der Waals surface area contributed by atoms with E-state index in [9.17, 15) is 9.18 Å². The average Bonchev–Trinajstić information content (AvgIpc) is 3.49. The van der Waals surface area contributed by atoms with E-state index in [0.29, 0.717) is 5.65 Å². The Balaban J connectivity index is 1.71. The highest BCUT2D eigenvalue weighted by Crippen LogP contribution is 2.29. The van der Waals surface area contributed by atoms with Gasteiger partial charge in [0.05, 0.1) is 5.69 Å². The molecule has 28 heavy (non-hydrogen) atoms. The molecule has 1 aliphatic carbocycles. The summed E-state index contributed by atoms with van der Waals surface area (Å²) >= 11 is 0. The fourth-order valence-corrected chi connectivity index (χ4v) is 3.20. The van der Waals surface area contributed by atoms with E-state index in [1.165, 1.54) is 37.2 Å². The smallest absolute Gasteiger partial charge is 0.258 e. The van der Waals surface area contributed by atoms with Gasteiger partial charge in [-0.1, -0.05) is 30.8 Å². The van der Waals surface area contributed by atoms with E-state index in [-0.39, 0.29) is 11.3 Å². The molecule has 0 atom stereocenters. The van der Waals surface area contributed by atoms with Gasteiger partial charge in [0.15, 0.2) is 0 Å². The maximum Gasteiger partial charge on any atom is 0.258 e. The van der Waals surface area contributed by atoms with Crippen LogP contribution in [0.25, 0.3) is 22.5 Å². The lowest BCUT2D eigenvalue weighted by Gasteiger charge is -2.15. The highest BCUT2D eigenvalue weighted by atomic mass is 19.1. The van der Waals surface area contributed by atoms with Gasteiger partial charge in [-0.25, -0.2) is 9.37 Å². The van der Waals surface area contributed by atoms with E-state index >= 15 is 0 Å². The monoisotopic (exact) mass is 377 g/mol. The van der Waals surface area contributed by atoms with E-state index in [2.05, 4.69) is 16.9 Å². The summed E-state index contributed by atoms with van der Waals surface area (Å²) in [5, 5.41) is 3.39. The molecule has 0 unspecified atom stereocenters. The summed E-state index contributed by atoms with van der Waals surface area (Å²) in [6.07, 6.45) is 4.25. The molecule has 1 aliphatic rings. The third-order valence-electron chi connectivity index (χ3n) is 5.15. The van der Waals surface area contributed by atoms with Crippen LogP contribution in [0.3, 0.4) is 0 Å². The first kappa shape index (κ1) is 18.4. The van der Waals surface area contributed by atoms with Crippen molar-refractivity contribution in [1.82, 2.24) is 14.7 Å².